The van der Waals surface area contributed by atoms with Crippen molar-refractivity contribution in [3.63, 3.8) is 0 Å². The summed E-state index contributed by atoms with van der Waals surface area (Å²) < 4.78 is 5.98. The zero-order valence-corrected chi connectivity index (χ0v) is 11.0. The molecule has 100 valence electrons. The van der Waals surface area contributed by atoms with E-state index in [0.29, 0.717) is 0 Å². The van der Waals surface area contributed by atoms with E-state index >= 15 is 0 Å². The zero-order chi connectivity index (χ0) is 13.5. The van der Waals surface area contributed by atoms with Crippen LogP contribution in [0.1, 0.15) is 37.4 Å². The summed E-state index contributed by atoms with van der Waals surface area (Å²) >= 11 is 0. The molecule has 0 saturated heterocycles. The summed E-state index contributed by atoms with van der Waals surface area (Å²) in [7, 11) is 0. The molecule has 1 amide bonds. The van der Waals surface area contributed by atoms with Crippen LogP contribution in [-0.4, -0.2) is 18.6 Å². The quantitative estimate of drug-likeness (QED) is 0.823. The van der Waals surface area contributed by atoms with E-state index in [4.69, 9.17) is 11.2 Å². The fourth-order valence-corrected chi connectivity index (χ4v) is 2.37. The molecule has 0 aromatic heterocycles. The lowest BCUT2D eigenvalue weighted by atomic mass is 10.1. The van der Waals surface area contributed by atoms with Crippen molar-refractivity contribution in [2.75, 3.05) is 6.54 Å². The first-order valence-corrected chi connectivity index (χ1v) is 6.73. The van der Waals surface area contributed by atoms with Gasteiger partial charge in [0.05, 0.1) is 12.6 Å². The lowest BCUT2D eigenvalue weighted by Gasteiger charge is -2.21. The van der Waals surface area contributed by atoms with Gasteiger partial charge in [-0.05, 0) is 18.4 Å². The molecular weight excluding hydrogens is 238 g/mol. The predicted molar refractivity (Wildman–Crippen MR) is 74.4 cm³/mol. The van der Waals surface area contributed by atoms with Gasteiger partial charge in [-0.25, -0.2) is 0 Å². The number of nitrogens with one attached hydrogen (secondary N) is 1. The Morgan fingerprint density at radius 1 is 1.37 bits per heavy atom. The van der Waals surface area contributed by atoms with E-state index in [1.807, 2.05) is 30.3 Å². The minimum Gasteiger partial charge on any atom is -0.360 e. The SMILES string of the molecule is C#CCNC(=O)[C@H](OC1CCCC1)c1ccccc1. The van der Waals surface area contributed by atoms with E-state index in [2.05, 4.69) is 11.2 Å². The third-order valence-corrected chi connectivity index (χ3v) is 3.34. The number of carbonyl (C=O) groups excluding carboxylic acids is 1. The molecule has 0 spiro atoms. The second kappa shape index (κ2) is 6.96. The minimum absolute atomic E-state index is 0.156. The first-order chi connectivity index (χ1) is 9.31. The van der Waals surface area contributed by atoms with Gasteiger partial charge in [0.25, 0.3) is 5.91 Å². The van der Waals surface area contributed by atoms with E-state index in [0.717, 1.165) is 18.4 Å². The average molecular weight is 257 g/mol. The lowest BCUT2D eigenvalue weighted by Crippen LogP contribution is -2.32. The topological polar surface area (TPSA) is 38.3 Å². The molecule has 19 heavy (non-hydrogen) atoms. The molecule has 3 heteroatoms. The fraction of sp³-hybridized carbons (Fsp3) is 0.438. The van der Waals surface area contributed by atoms with Gasteiger partial charge in [-0.2, -0.15) is 0 Å². The minimum atomic E-state index is -0.558. The molecule has 1 fully saturated rings. The Labute approximate surface area is 114 Å². The number of terminal acetylenes is 1. The van der Waals surface area contributed by atoms with E-state index < -0.39 is 6.10 Å². The molecule has 1 aromatic rings. The van der Waals surface area contributed by atoms with Crippen LogP contribution < -0.4 is 5.32 Å². The summed E-state index contributed by atoms with van der Waals surface area (Å²) in [5.74, 6) is 2.25. The molecular formula is C16H19NO2. The molecule has 0 bridgehead atoms. The highest BCUT2D eigenvalue weighted by atomic mass is 16.5. The number of ether oxygens (including phenoxy) is 1. The molecule has 0 heterocycles. The molecule has 0 unspecified atom stereocenters. The summed E-state index contributed by atoms with van der Waals surface area (Å²) in [5.41, 5.74) is 0.879. The van der Waals surface area contributed by atoms with Crippen molar-refractivity contribution in [2.45, 2.75) is 37.9 Å². The molecule has 1 saturated carbocycles. The maximum absolute atomic E-state index is 12.2. The Morgan fingerprint density at radius 3 is 2.68 bits per heavy atom. The van der Waals surface area contributed by atoms with Crippen LogP contribution >= 0.6 is 0 Å². The Balaban J connectivity index is 2.08. The Kier molecular flexibility index (Phi) is 5.00. The number of benzene rings is 1. The maximum atomic E-state index is 12.2. The second-order valence-electron chi connectivity index (χ2n) is 4.76. The van der Waals surface area contributed by atoms with Gasteiger partial charge in [-0.1, -0.05) is 49.1 Å². The number of rotatable bonds is 5. The molecule has 1 aromatic carbocycles. The summed E-state index contributed by atoms with van der Waals surface area (Å²) in [6.45, 7) is 0.232. The second-order valence-corrected chi connectivity index (χ2v) is 4.76. The third-order valence-electron chi connectivity index (χ3n) is 3.34. The lowest BCUT2D eigenvalue weighted by molar-refractivity contribution is -0.136. The van der Waals surface area contributed by atoms with Crippen LogP contribution in [0.2, 0.25) is 0 Å². The summed E-state index contributed by atoms with van der Waals surface area (Å²) in [6.07, 6.45) is 9.22. The van der Waals surface area contributed by atoms with Crippen LogP contribution in [0.15, 0.2) is 30.3 Å². The normalized spacial score (nSPS) is 16.8. The highest BCUT2D eigenvalue weighted by Gasteiger charge is 2.26. The van der Waals surface area contributed by atoms with Crippen molar-refractivity contribution in [3.8, 4) is 12.3 Å². The smallest absolute Gasteiger partial charge is 0.254 e. The van der Waals surface area contributed by atoms with E-state index in [-0.39, 0.29) is 18.6 Å². The largest absolute Gasteiger partial charge is 0.360 e. The van der Waals surface area contributed by atoms with Crippen molar-refractivity contribution < 1.29 is 9.53 Å². The van der Waals surface area contributed by atoms with Crippen LogP contribution in [0.3, 0.4) is 0 Å². The van der Waals surface area contributed by atoms with Crippen LogP contribution in [0.4, 0.5) is 0 Å². The third kappa shape index (κ3) is 3.84. The van der Waals surface area contributed by atoms with Crippen molar-refractivity contribution in [3.05, 3.63) is 35.9 Å². The van der Waals surface area contributed by atoms with Gasteiger partial charge in [-0.3, -0.25) is 4.79 Å². The predicted octanol–water partition coefficient (Wildman–Crippen LogP) is 2.44. The first kappa shape index (κ1) is 13.6. The monoisotopic (exact) mass is 257 g/mol. The van der Waals surface area contributed by atoms with Gasteiger partial charge in [0.15, 0.2) is 6.10 Å². The molecule has 0 radical (unpaired) electrons. The molecule has 2 rings (SSSR count). The van der Waals surface area contributed by atoms with Gasteiger partial charge in [0.2, 0.25) is 0 Å². The molecule has 1 aliphatic carbocycles. The Bertz CT molecular complexity index is 444. The summed E-state index contributed by atoms with van der Waals surface area (Å²) in [6, 6.07) is 9.57. The highest BCUT2D eigenvalue weighted by Crippen LogP contribution is 2.27. The molecule has 0 aliphatic heterocycles. The van der Waals surface area contributed by atoms with Crippen molar-refractivity contribution in [1.29, 1.82) is 0 Å². The van der Waals surface area contributed by atoms with Gasteiger partial charge in [0.1, 0.15) is 0 Å². The summed E-state index contributed by atoms with van der Waals surface area (Å²) in [5, 5.41) is 2.70. The molecule has 1 atom stereocenters. The van der Waals surface area contributed by atoms with Crippen molar-refractivity contribution >= 4 is 5.91 Å². The number of hydrogen-bond acceptors (Lipinski definition) is 2. The number of hydrogen-bond donors (Lipinski definition) is 1. The molecule has 1 aliphatic rings. The Hall–Kier alpha value is -1.79. The number of amides is 1. The van der Waals surface area contributed by atoms with Gasteiger partial charge in [-0.15, -0.1) is 6.42 Å². The fourth-order valence-electron chi connectivity index (χ4n) is 2.37. The highest BCUT2D eigenvalue weighted by molar-refractivity contribution is 5.82. The van der Waals surface area contributed by atoms with Crippen LogP contribution in [-0.2, 0) is 9.53 Å². The van der Waals surface area contributed by atoms with Crippen LogP contribution in [0, 0.1) is 12.3 Å². The van der Waals surface area contributed by atoms with E-state index in [1.54, 1.807) is 0 Å². The van der Waals surface area contributed by atoms with E-state index in [9.17, 15) is 4.79 Å². The van der Waals surface area contributed by atoms with E-state index in [1.165, 1.54) is 12.8 Å². The number of carbonyl (C=O) groups is 1. The zero-order valence-electron chi connectivity index (χ0n) is 11.0. The first-order valence-electron chi connectivity index (χ1n) is 6.73. The molecule has 3 nitrogen and oxygen atoms in total. The van der Waals surface area contributed by atoms with Crippen molar-refractivity contribution in [2.24, 2.45) is 0 Å². The van der Waals surface area contributed by atoms with Crippen molar-refractivity contribution in [1.82, 2.24) is 5.32 Å². The van der Waals surface area contributed by atoms with Gasteiger partial charge >= 0.3 is 0 Å². The summed E-state index contributed by atoms with van der Waals surface area (Å²) in [4.78, 5) is 12.2. The van der Waals surface area contributed by atoms with Crippen LogP contribution in [0.5, 0.6) is 0 Å². The molecule has 1 N–H and O–H groups in total. The Morgan fingerprint density at radius 2 is 2.05 bits per heavy atom. The maximum Gasteiger partial charge on any atom is 0.254 e. The van der Waals surface area contributed by atoms with Gasteiger partial charge in [0, 0.05) is 0 Å². The standard InChI is InChI=1S/C16H19NO2/c1-2-12-17-16(18)15(13-8-4-3-5-9-13)19-14-10-6-7-11-14/h1,3-5,8-9,14-15H,6-7,10-12H2,(H,17,18)/t15-/m1/s1. The van der Waals surface area contributed by atoms with Gasteiger partial charge < -0.3 is 10.1 Å². The van der Waals surface area contributed by atoms with Crippen LogP contribution in [0.25, 0.3) is 0 Å². The average Bonchev–Trinajstić information content (AvgIpc) is 2.96.